The first kappa shape index (κ1) is 15.4. The van der Waals surface area contributed by atoms with E-state index in [9.17, 15) is 8.42 Å². The lowest BCUT2D eigenvalue weighted by atomic mass is 10.1. The molecule has 2 N–H and O–H groups in total. The van der Waals surface area contributed by atoms with E-state index in [1.54, 1.807) is 18.3 Å². The molecule has 0 radical (unpaired) electrons. The van der Waals surface area contributed by atoms with Crippen molar-refractivity contribution in [2.75, 3.05) is 6.54 Å². The maximum Gasteiger partial charge on any atom is 0.268 e. The molecular formula is C18H16N2O2S2. The van der Waals surface area contributed by atoms with Crippen molar-refractivity contribution in [3.63, 3.8) is 0 Å². The Morgan fingerprint density at radius 2 is 1.83 bits per heavy atom. The highest BCUT2D eigenvalue weighted by Gasteiger charge is 2.22. The zero-order chi connectivity index (χ0) is 16.7. The summed E-state index contributed by atoms with van der Waals surface area (Å²) < 4.78 is 27.7. The van der Waals surface area contributed by atoms with Crippen LogP contribution in [0.15, 0.2) is 65.0 Å². The summed E-state index contributed by atoms with van der Waals surface area (Å²) in [5, 5.41) is 4.82. The Morgan fingerprint density at radius 3 is 2.62 bits per heavy atom. The summed E-state index contributed by atoms with van der Waals surface area (Å²) >= 11 is 1.43. The summed E-state index contributed by atoms with van der Waals surface area (Å²) in [6.07, 6.45) is 2.37. The van der Waals surface area contributed by atoms with Crippen molar-refractivity contribution in [1.82, 2.24) is 3.97 Å². The highest BCUT2D eigenvalue weighted by molar-refractivity contribution is 7.90. The van der Waals surface area contributed by atoms with Gasteiger partial charge in [-0.05, 0) is 52.9 Å². The molecule has 0 bridgehead atoms. The second kappa shape index (κ2) is 5.73. The van der Waals surface area contributed by atoms with Crippen LogP contribution in [0, 0.1) is 0 Å². The van der Waals surface area contributed by atoms with Crippen LogP contribution in [0.3, 0.4) is 0 Å². The van der Waals surface area contributed by atoms with Crippen LogP contribution in [0.2, 0.25) is 0 Å². The van der Waals surface area contributed by atoms with Gasteiger partial charge in [0, 0.05) is 11.6 Å². The molecule has 0 amide bonds. The van der Waals surface area contributed by atoms with Crippen LogP contribution >= 0.6 is 11.3 Å². The van der Waals surface area contributed by atoms with Crippen molar-refractivity contribution in [2.45, 2.75) is 11.3 Å². The third-order valence-electron chi connectivity index (χ3n) is 4.16. The number of fused-ring (bicyclic) bond motifs is 2. The molecule has 0 aliphatic carbocycles. The van der Waals surface area contributed by atoms with Gasteiger partial charge in [0.1, 0.15) is 4.83 Å². The van der Waals surface area contributed by atoms with E-state index in [0.29, 0.717) is 17.9 Å². The number of thiophene rings is 1. The molecule has 2 aromatic carbocycles. The molecule has 0 fully saturated rings. The molecule has 0 aliphatic heterocycles. The van der Waals surface area contributed by atoms with Crippen molar-refractivity contribution in [3.8, 4) is 0 Å². The predicted molar refractivity (Wildman–Crippen MR) is 99.1 cm³/mol. The smallest absolute Gasteiger partial charge is 0.268 e. The number of hydrogen-bond acceptors (Lipinski definition) is 4. The molecule has 4 rings (SSSR count). The standard InChI is InChI=1S/C18H16N2O2S2/c19-9-7-15-12-20(18-17(15)8-10-23-18)24(21,22)16-6-5-13-3-1-2-4-14(13)11-16/h1-6,8,10-12H,7,9,19H2. The molecule has 0 saturated heterocycles. The summed E-state index contributed by atoms with van der Waals surface area (Å²) in [5.41, 5.74) is 6.63. The SMILES string of the molecule is NCCc1cn(S(=O)(=O)c2ccc3ccccc3c2)c2sccc12. The molecule has 0 aliphatic rings. The predicted octanol–water partition coefficient (Wildman–Crippen LogP) is 3.59. The normalized spacial score (nSPS) is 12.2. The lowest BCUT2D eigenvalue weighted by Gasteiger charge is -2.08. The van der Waals surface area contributed by atoms with Crippen LogP contribution in [-0.2, 0) is 16.4 Å². The number of rotatable bonds is 4. The fraction of sp³-hybridized carbons (Fsp3) is 0.111. The average molecular weight is 356 g/mol. The molecule has 6 heteroatoms. The van der Waals surface area contributed by atoms with Gasteiger partial charge in [-0.25, -0.2) is 12.4 Å². The third kappa shape index (κ3) is 2.34. The van der Waals surface area contributed by atoms with Gasteiger partial charge in [0.2, 0.25) is 0 Å². The second-order valence-electron chi connectivity index (χ2n) is 5.64. The molecule has 2 aromatic heterocycles. The quantitative estimate of drug-likeness (QED) is 0.608. The summed E-state index contributed by atoms with van der Waals surface area (Å²) in [7, 11) is -3.64. The Hall–Kier alpha value is -2.15. The van der Waals surface area contributed by atoms with Crippen molar-refractivity contribution in [2.24, 2.45) is 5.73 Å². The van der Waals surface area contributed by atoms with Crippen molar-refractivity contribution < 1.29 is 8.42 Å². The Bertz CT molecular complexity index is 1140. The van der Waals surface area contributed by atoms with Gasteiger partial charge in [-0.3, -0.25) is 0 Å². The van der Waals surface area contributed by atoms with Gasteiger partial charge < -0.3 is 5.73 Å². The van der Waals surface area contributed by atoms with Crippen molar-refractivity contribution >= 4 is 42.3 Å². The van der Waals surface area contributed by atoms with Crippen LogP contribution in [0.1, 0.15) is 5.56 Å². The van der Waals surface area contributed by atoms with E-state index in [4.69, 9.17) is 5.73 Å². The summed E-state index contributed by atoms with van der Waals surface area (Å²) in [4.78, 5) is 1.04. The van der Waals surface area contributed by atoms with E-state index >= 15 is 0 Å². The monoisotopic (exact) mass is 356 g/mol. The first-order valence-electron chi connectivity index (χ1n) is 7.63. The zero-order valence-corrected chi connectivity index (χ0v) is 14.5. The van der Waals surface area contributed by atoms with Crippen LogP contribution < -0.4 is 5.73 Å². The minimum atomic E-state index is -3.64. The topological polar surface area (TPSA) is 65.1 Å². The highest BCUT2D eigenvalue weighted by atomic mass is 32.2. The molecular weight excluding hydrogens is 340 g/mol. The average Bonchev–Trinajstić information content (AvgIpc) is 3.18. The lowest BCUT2D eigenvalue weighted by molar-refractivity contribution is 0.589. The van der Waals surface area contributed by atoms with Gasteiger partial charge in [-0.1, -0.05) is 30.3 Å². The van der Waals surface area contributed by atoms with E-state index in [1.807, 2.05) is 41.8 Å². The molecule has 2 heterocycles. The molecule has 0 saturated carbocycles. The van der Waals surface area contributed by atoms with E-state index in [-0.39, 0.29) is 0 Å². The third-order valence-corrected chi connectivity index (χ3v) is 6.84. The first-order chi connectivity index (χ1) is 11.6. The molecule has 0 unspecified atom stereocenters. The van der Waals surface area contributed by atoms with Crippen LogP contribution in [0.4, 0.5) is 0 Å². The van der Waals surface area contributed by atoms with Crippen LogP contribution in [-0.4, -0.2) is 18.9 Å². The van der Waals surface area contributed by atoms with E-state index in [1.165, 1.54) is 15.3 Å². The maximum absolute atomic E-state index is 13.1. The fourth-order valence-corrected chi connectivity index (χ4v) is 5.53. The molecule has 0 atom stereocenters. The van der Waals surface area contributed by atoms with Crippen LogP contribution in [0.25, 0.3) is 21.0 Å². The van der Waals surface area contributed by atoms with Gasteiger partial charge in [0.25, 0.3) is 10.0 Å². The van der Waals surface area contributed by atoms with Gasteiger partial charge >= 0.3 is 0 Å². The first-order valence-corrected chi connectivity index (χ1v) is 9.95. The minimum absolute atomic E-state index is 0.297. The van der Waals surface area contributed by atoms with Gasteiger partial charge in [0.05, 0.1) is 4.90 Å². The molecule has 4 aromatic rings. The molecule has 122 valence electrons. The summed E-state index contributed by atoms with van der Waals surface area (Å²) in [5.74, 6) is 0. The second-order valence-corrected chi connectivity index (χ2v) is 8.35. The molecule has 24 heavy (non-hydrogen) atoms. The van der Waals surface area contributed by atoms with E-state index < -0.39 is 10.0 Å². The number of benzene rings is 2. The number of nitrogens with zero attached hydrogens (tertiary/aromatic N) is 1. The number of aromatic nitrogens is 1. The molecule has 4 nitrogen and oxygen atoms in total. The Kier molecular flexibility index (Phi) is 3.68. The Labute approximate surface area is 144 Å². The largest absolute Gasteiger partial charge is 0.330 e. The maximum atomic E-state index is 13.1. The van der Waals surface area contributed by atoms with Gasteiger partial charge in [0.15, 0.2) is 0 Å². The minimum Gasteiger partial charge on any atom is -0.330 e. The lowest BCUT2D eigenvalue weighted by Crippen LogP contribution is -2.11. The number of hydrogen-bond donors (Lipinski definition) is 1. The van der Waals surface area contributed by atoms with Crippen LogP contribution in [0.5, 0.6) is 0 Å². The highest BCUT2D eigenvalue weighted by Crippen LogP contribution is 2.31. The Morgan fingerprint density at radius 1 is 1.04 bits per heavy atom. The summed E-state index contributed by atoms with van der Waals surface area (Å²) in [6.45, 7) is 0.491. The van der Waals surface area contributed by atoms with Gasteiger partial charge in [-0.15, -0.1) is 11.3 Å². The van der Waals surface area contributed by atoms with Crippen molar-refractivity contribution in [1.29, 1.82) is 0 Å². The fourth-order valence-electron chi connectivity index (χ4n) is 2.96. The van der Waals surface area contributed by atoms with Gasteiger partial charge in [-0.2, -0.15) is 0 Å². The zero-order valence-electron chi connectivity index (χ0n) is 12.8. The number of nitrogens with two attached hydrogens (primary N) is 1. The molecule has 0 spiro atoms. The summed E-state index contributed by atoms with van der Waals surface area (Å²) in [6, 6.07) is 14.9. The van der Waals surface area contributed by atoms with E-state index in [0.717, 1.165) is 26.6 Å². The Balaban J connectivity index is 1.92. The van der Waals surface area contributed by atoms with Crippen molar-refractivity contribution in [3.05, 3.63) is 65.7 Å². The van der Waals surface area contributed by atoms with E-state index in [2.05, 4.69) is 0 Å².